The molecule has 1 atom stereocenters. The molecule has 1 unspecified atom stereocenters. The van der Waals surface area contributed by atoms with Crippen LogP contribution in [0, 0.1) is 0 Å². The Hall–Kier alpha value is -0.980. The highest BCUT2D eigenvalue weighted by molar-refractivity contribution is 9.10. The third-order valence-corrected chi connectivity index (χ3v) is 2.29. The Bertz CT molecular complexity index is 456. The molecule has 0 aliphatic carbocycles. The van der Waals surface area contributed by atoms with Crippen molar-refractivity contribution in [1.29, 1.82) is 0 Å². The molecule has 0 aliphatic heterocycles. The van der Waals surface area contributed by atoms with Gasteiger partial charge < -0.3 is 10.8 Å². The molecule has 0 aromatic carbocycles. The minimum absolute atomic E-state index is 0.120. The minimum Gasteiger partial charge on any atom is -0.394 e. The molecule has 0 amide bonds. The molecule has 0 saturated carbocycles. The quantitative estimate of drug-likeness (QED) is 0.820. The van der Waals surface area contributed by atoms with Crippen LogP contribution in [0.15, 0.2) is 22.9 Å². The lowest BCUT2D eigenvalue weighted by Gasteiger charge is -2.00. The topological polar surface area (TPSA) is 76.4 Å². The molecule has 0 spiro atoms. The fourth-order valence-corrected chi connectivity index (χ4v) is 1.44. The van der Waals surface area contributed by atoms with Crippen molar-refractivity contribution >= 4 is 21.6 Å². The van der Waals surface area contributed by atoms with Crippen LogP contribution in [0.25, 0.3) is 5.65 Å². The van der Waals surface area contributed by atoms with E-state index in [1.54, 1.807) is 23.0 Å². The fraction of sp³-hybridized carbons (Fsp3) is 0.250. The normalized spacial score (nSPS) is 13.4. The van der Waals surface area contributed by atoms with Gasteiger partial charge in [0.05, 0.1) is 22.8 Å². The van der Waals surface area contributed by atoms with Gasteiger partial charge in [0, 0.05) is 18.5 Å². The van der Waals surface area contributed by atoms with Crippen molar-refractivity contribution in [2.24, 2.45) is 5.73 Å². The highest BCUT2D eigenvalue weighted by Crippen LogP contribution is 2.13. The number of aromatic nitrogens is 3. The number of nitrogens with two attached hydrogens (primary N) is 1. The largest absolute Gasteiger partial charge is 0.394 e. The summed E-state index contributed by atoms with van der Waals surface area (Å²) in [5.41, 5.74) is 6.98. The number of halogens is 1. The first-order valence-corrected chi connectivity index (χ1v) is 4.87. The van der Waals surface area contributed by atoms with E-state index in [0.717, 1.165) is 4.47 Å². The predicted molar refractivity (Wildman–Crippen MR) is 54.7 cm³/mol. The van der Waals surface area contributed by atoms with Gasteiger partial charge in [-0.2, -0.15) is 5.10 Å². The molecule has 74 valence electrons. The third-order valence-electron chi connectivity index (χ3n) is 1.88. The molecule has 3 N–H and O–H groups in total. The van der Waals surface area contributed by atoms with Crippen molar-refractivity contribution in [3.8, 4) is 0 Å². The van der Waals surface area contributed by atoms with Gasteiger partial charge in [0.1, 0.15) is 0 Å². The highest BCUT2D eigenvalue weighted by atomic mass is 79.9. The second kappa shape index (κ2) is 3.64. The van der Waals surface area contributed by atoms with E-state index in [-0.39, 0.29) is 6.61 Å². The lowest BCUT2D eigenvalue weighted by Crippen LogP contribution is -2.14. The van der Waals surface area contributed by atoms with E-state index in [1.165, 1.54) is 0 Å². The van der Waals surface area contributed by atoms with Crippen molar-refractivity contribution in [2.45, 2.75) is 6.04 Å². The van der Waals surface area contributed by atoms with E-state index in [0.29, 0.717) is 11.3 Å². The third kappa shape index (κ3) is 1.63. The van der Waals surface area contributed by atoms with Crippen LogP contribution in [0.3, 0.4) is 0 Å². The summed E-state index contributed by atoms with van der Waals surface area (Å²) < 4.78 is 2.46. The Labute approximate surface area is 88.7 Å². The van der Waals surface area contributed by atoms with Crippen molar-refractivity contribution in [2.75, 3.05) is 6.61 Å². The second-order valence-electron chi connectivity index (χ2n) is 2.93. The van der Waals surface area contributed by atoms with Gasteiger partial charge in [-0.05, 0) is 15.9 Å². The Morgan fingerprint density at radius 1 is 1.64 bits per heavy atom. The standard InChI is InChI=1S/C8H9BrN4O/c9-5-2-11-8-1-7(6(10)4-14)12-13(8)3-5/h1-3,6,14H,4,10H2. The lowest BCUT2D eigenvalue weighted by atomic mass is 10.2. The van der Waals surface area contributed by atoms with E-state index in [2.05, 4.69) is 26.0 Å². The summed E-state index contributed by atoms with van der Waals surface area (Å²) in [6, 6.07) is 1.31. The number of nitrogens with zero attached hydrogens (tertiary/aromatic N) is 3. The van der Waals surface area contributed by atoms with Gasteiger partial charge in [0.2, 0.25) is 0 Å². The molecule has 6 heteroatoms. The summed E-state index contributed by atoms with van der Waals surface area (Å²) >= 11 is 3.29. The molecule has 14 heavy (non-hydrogen) atoms. The molecule has 2 heterocycles. The SMILES string of the molecule is NC(CO)c1cc2ncc(Br)cn2n1. The Morgan fingerprint density at radius 3 is 3.14 bits per heavy atom. The summed E-state index contributed by atoms with van der Waals surface area (Å²) in [6.45, 7) is -0.120. The Kier molecular flexibility index (Phi) is 2.49. The molecule has 2 aromatic rings. The maximum atomic E-state index is 8.86. The second-order valence-corrected chi connectivity index (χ2v) is 3.85. The van der Waals surface area contributed by atoms with E-state index < -0.39 is 6.04 Å². The van der Waals surface area contributed by atoms with Crippen LogP contribution in [0.1, 0.15) is 11.7 Å². The van der Waals surface area contributed by atoms with E-state index >= 15 is 0 Å². The molecule has 0 bridgehead atoms. The lowest BCUT2D eigenvalue weighted by molar-refractivity contribution is 0.265. The van der Waals surface area contributed by atoms with Gasteiger partial charge in [-0.3, -0.25) is 0 Å². The van der Waals surface area contributed by atoms with Crippen LogP contribution in [0.2, 0.25) is 0 Å². The molecule has 2 rings (SSSR count). The van der Waals surface area contributed by atoms with Crippen molar-refractivity contribution in [1.82, 2.24) is 14.6 Å². The average Bonchev–Trinajstić information content (AvgIpc) is 2.59. The summed E-state index contributed by atoms with van der Waals surface area (Å²) in [4.78, 5) is 4.13. The van der Waals surface area contributed by atoms with Gasteiger partial charge in [0.15, 0.2) is 5.65 Å². The molecule has 0 radical (unpaired) electrons. The molecule has 0 aliphatic rings. The number of hydrogen-bond acceptors (Lipinski definition) is 4. The highest BCUT2D eigenvalue weighted by Gasteiger charge is 2.09. The average molecular weight is 257 g/mol. The minimum atomic E-state index is -0.449. The molecule has 0 fully saturated rings. The first kappa shape index (κ1) is 9.57. The van der Waals surface area contributed by atoms with E-state index in [4.69, 9.17) is 10.8 Å². The number of hydrogen-bond donors (Lipinski definition) is 2. The molecular weight excluding hydrogens is 248 g/mol. The summed E-state index contributed by atoms with van der Waals surface area (Å²) in [6.07, 6.45) is 3.47. The summed E-state index contributed by atoms with van der Waals surface area (Å²) in [5, 5.41) is 13.0. The van der Waals surface area contributed by atoms with Gasteiger partial charge in [-0.1, -0.05) is 0 Å². The maximum absolute atomic E-state index is 8.86. The van der Waals surface area contributed by atoms with E-state index in [9.17, 15) is 0 Å². The number of rotatable bonds is 2. The van der Waals surface area contributed by atoms with Crippen LogP contribution in [0.5, 0.6) is 0 Å². The van der Waals surface area contributed by atoms with Crippen LogP contribution in [0.4, 0.5) is 0 Å². The van der Waals surface area contributed by atoms with Gasteiger partial charge in [-0.25, -0.2) is 9.50 Å². The van der Waals surface area contributed by atoms with Crippen molar-refractivity contribution in [3.05, 3.63) is 28.6 Å². The van der Waals surface area contributed by atoms with Crippen molar-refractivity contribution in [3.63, 3.8) is 0 Å². The Morgan fingerprint density at radius 2 is 2.43 bits per heavy atom. The van der Waals surface area contributed by atoms with E-state index in [1.807, 2.05) is 0 Å². The molecular formula is C8H9BrN4O. The first-order valence-electron chi connectivity index (χ1n) is 4.08. The van der Waals surface area contributed by atoms with Crippen LogP contribution in [-0.2, 0) is 0 Å². The maximum Gasteiger partial charge on any atom is 0.155 e. The van der Waals surface area contributed by atoms with Crippen LogP contribution >= 0.6 is 15.9 Å². The molecule has 0 saturated heterocycles. The number of fused-ring (bicyclic) bond motifs is 1. The van der Waals surface area contributed by atoms with Gasteiger partial charge >= 0.3 is 0 Å². The first-order chi connectivity index (χ1) is 6.70. The van der Waals surface area contributed by atoms with Gasteiger partial charge in [0.25, 0.3) is 0 Å². The van der Waals surface area contributed by atoms with Crippen LogP contribution < -0.4 is 5.73 Å². The predicted octanol–water partition coefficient (Wildman–Crippen LogP) is 0.484. The zero-order chi connectivity index (χ0) is 10.1. The molecule has 2 aromatic heterocycles. The molecule has 5 nitrogen and oxygen atoms in total. The zero-order valence-electron chi connectivity index (χ0n) is 7.26. The van der Waals surface area contributed by atoms with Crippen molar-refractivity contribution < 1.29 is 5.11 Å². The zero-order valence-corrected chi connectivity index (χ0v) is 8.85. The van der Waals surface area contributed by atoms with Crippen LogP contribution in [-0.4, -0.2) is 26.3 Å². The number of aliphatic hydroxyl groups is 1. The monoisotopic (exact) mass is 256 g/mol. The summed E-state index contributed by atoms with van der Waals surface area (Å²) in [7, 11) is 0. The fourth-order valence-electron chi connectivity index (χ4n) is 1.15. The number of aliphatic hydroxyl groups excluding tert-OH is 1. The van der Waals surface area contributed by atoms with Gasteiger partial charge in [-0.15, -0.1) is 0 Å². The summed E-state index contributed by atoms with van der Waals surface area (Å²) in [5.74, 6) is 0. The smallest absolute Gasteiger partial charge is 0.155 e. The Balaban J connectivity index is 2.51.